The van der Waals surface area contributed by atoms with Crippen molar-refractivity contribution >= 4 is 32.8 Å². The average molecular weight is 1230 g/mol. The fraction of sp³-hybridized carbons (Fsp3) is 0.178. The summed E-state index contributed by atoms with van der Waals surface area (Å²) in [6, 6.07) is 31.3. The predicted octanol–water partition coefficient (Wildman–Crippen LogP) is 18.5. The van der Waals surface area contributed by atoms with Crippen LogP contribution in [-0.2, 0) is 37.3 Å². The molecular formula is C73H64N4OPt-2. The molecule has 9 aromatic carbocycles. The van der Waals surface area contributed by atoms with Crippen molar-refractivity contribution in [2.75, 3.05) is 0 Å². The molecule has 3 heterocycles. The van der Waals surface area contributed by atoms with Gasteiger partial charge in [0.15, 0.2) is 0 Å². The second-order valence-corrected chi connectivity index (χ2v) is 22.5. The van der Waals surface area contributed by atoms with Crippen LogP contribution in [0.15, 0.2) is 206 Å². The second kappa shape index (κ2) is 20.6. The van der Waals surface area contributed by atoms with E-state index in [1.165, 1.54) is 12.3 Å². The maximum absolute atomic E-state index is 9.48. The van der Waals surface area contributed by atoms with E-state index in [0.717, 1.165) is 27.6 Å². The number of aryl methyl sites for hydroxylation is 1. The van der Waals surface area contributed by atoms with Gasteiger partial charge in [-0.3, -0.25) is 4.57 Å². The molecule has 0 radical (unpaired) electrons. The van der Waals surface area contributed by atoms with E-state index in [4.69, 9.17) is 28.9 Å². The molecule has 0 unspecified atom stereocenters. The Bertz CT molecular complexity index is 5080. The molecule has 0 aliphatic heterocycles. The van der Waals surface area contributed by atoms with Gasteiger partial charge in [-0.2, -0.15) is 18.2 Å². The van der Waals surface area contributed by atoms with Crippen molar-refractivity contribution in [3.05, 3.63) is 247 Å². The van der Waals surface area contributed by atoms with E-state index in [0.29, 0.717) is 38.7 Å². The zero-order valence-electron chi connectivity index (χ0n) is 63.0. The Morgan fingerprint density at radius 1 is 0.519 bits per heavy atom. The monoisotopic (exact) mass is 1230 g/mol. The summed E-state index contributed by atoms with van der Waals surface area (Å²) in [5.41, 5.74) is 4.72. The minimum atomic E-state index is -2.85. The summed E-state index contributed by atoms with van der Waals surface area (Å²) in [6.45, 7) is 15.8. The first-order chi connectivity index (χ1) is 44.9. The Kier molecular flexibility index (Phi) is 9.23. The Labute approximate surface area is 505 Å². The summed E-state index contributed by atoms with van der Waals surface area (Å²) in [5, 5.41) is 1.45. The number of benzene rings is 9. The van der Waals surface area contributed by atoms with Gasteiger partial charge in [0.05, 0.1) is 37.3 Å². The van der Waals surface area contributed by atoms with Crippen LogP contribution >= 0.6 is 0 Å². The van der Waals surface area contributed by atoms with E-state index < -0.39 is 103 Å². The minimum Gasteiger partial charge on any atom is -0.510 e. The number of rotatable bonds is 9. The topological polar surface area (TPSA) is 35.9 Å². The molecule has 5 nitrogen and oxygen atoms in total. The fourth-order valence-corrected chi connectivity index (χ4v) is 9.82. The van der Waals surface area contributed by atoms with Gasteiger partial charge in [0.1, 0.15) is 5.82 Å². The molecule has 0 N–H and O–H groups in total. The van der Waals surface area contributed by atoms with Gasteiger partial charge in [0.2, 0.25) is 0 Å². The van der Waals surface area contributed by atoms with Gasteiger partial charge < -0.3 is 13.9 Å². The third-order valence-corrected chi connectivity index (χ3v) is 14.1. The average Bonchev–Trinajstić information content (AvgIpc) is 1.70. The molecule has 0 saturated carbocycles. The van der Waals surface area contributed by atoms with Crippen LogP contribution in [-0.4, -0.2) is 14.1 Å². The van der Waals surface area contributed by atoms with Gasteiger partial charge in [-0.25, -0.2) is 4.98 Å². The summed E-state index contributed by atoms with van der Waals surface area (Å²) in [5.74, 6) is 0.519. The quantitative estimate of drug-likeness (QED) is 0.107. The first kappa shape index (κ1) is 35.4. The molecule has 394 valence electrons. The molecule has 3 aromatic heterocycles. The zero-order valence-corrected chi connectivity index (χ0v) is 47.3. The van der Waals surface area contributed by atoms with Gasteiger partial charge in [-0.15, -0.1) is 29.7 Å². The molecule has 0 spiro atoms. The van der Waals surface area contributed by atoms with Gasteiger partial charge in [0.25, 0.3) is 6.33 Å². The minimum absolute atomic E-state index is 0. The van der Waals surface area contributed by atoms with Crippen LogP contribution in [0.4, 0.5) is 0 Å². The van der Waals surface area contributed by atoms with Gasteiger partial charge in [-0.1, -0.05) is 219 Å². The smallest absolute Gasteiger partial charge is 0.268 e. The second-order valence-electron chi connectivity index (χ2n) is 22.5. The van der Waals surface area contributed by atoms with E-state index in [2.05, 4.69) is 78.2 Å². The number of ether oxygens (including phenoxy) is 1. The third-order valence-electron chi connectivity index (χ3n) is 14.1. The maximum Gasteiger partial charge on any atom is 0.268 e. The molecule has 0 atom stereocenters. The van der Waals surface area contributed by atoms with E-state index >= 15 is 0 Å². The van der Waals surface area contributed by atoms with Crippen molar-refractivity contribution < 1.29 is 55.0 Å². The van der Waals surface area contributed by atoms with Crippen LogP contribution in [0.5, 0.6) is 11.5 Å². The number of fused-ring (bicyclic) bond motifs is 4. The molecule has 12 aromatic rings. The number of para-hydroxylation sites is 1. The molecule has 0 aliphatic rings. The summed E-state index contributed by atoms with van der Waals surface area (Å²) in [4.78, 5) is 4.71. The van der Waals surface area contributed by atoms with Crippen molar-refractivity contribution in [2.45, 2.75) is 85.4 Å². The van der Waals surface area contributed by atoms with Crippen LogP contribution in [0, 0.1) is 25.3 Å². The maximum atomic E-state index is 9.48. The van der Waals surface area contributed by atoms with Gasteiger partial charge in [0, 0.05) is 54.0 Å². The number of aromatic nitrogens is 4. The Balaban J connectivity index is 0.00000954. The fourth-order valence-electron chi connectivity index (χ4n) is 9.82. The van der Waals surface area contributed by atoms with Crippen LogP contribution in [0.1, 0.15) is 109 Å². The SMILES string of the molecule is [2H]c1c([2H])c([2H])c(-c2cnc(-n3c4[c-]c(Oc5[c-]c(-n6[c-][n+](-c7c(-c8c([2H])c([2H])c([2H])c([2H])c8[2H])cc(C(C)(C)C)cc7-c7c([2H])c([2H])c([2H])c([2H])c7[2H])c7ccc(-c8cc(C(C)(C)C)cc(C(C)(C)C)c8)cc76)ccc5)ccc4c4ccccc43)cc2C([2H])([2H])[2H])c([2H])c1[2H].[Pt]. The number of imidazole rings is 1. The molecule has 0 bridgehead atoms. The van der Waals surface area contributed by atoms with E-state index in [9.17, 15) is 5.48 Å². The van der Waals surface area contributed by atoms with Crippen LogP contribution in [0.25, 0.3) is 94.5 Å². The summed E-state index contributed by atoms with van der Waals surface area (Å²) in [7, 11) is 0. The van der Waals surface area contributed by atoms with Crippen LogP contribution in [0.3, 0.4) is 0 Å². The Morgan fingerprint density at radius 2 is 1.10 bits per heavy atom. The van der Waals surface area contributed by atoms with Crippen molar-refractivity contribution in [1.82, 2.24) is 14.1 Å². The predicted molar refractivity (Wildman–Crippen MR) is 323 cm³/mol. The molecular weight excluding hydrogens is 1140 g/mol. The molecule has 12 rings (SSSR count). The van der Waals surface area contributed by atoms with Gasteiger partial charge >= 0.3 is 0 Å². The normalized spacial score (nSPS) is 15.5. The van der Waals surface area contributed by atoms with Crippen LogP contribution in [0.2, 0.25) is 0 Å². The Morgan fingerprint density at radius 3 is 1.71 bits per heavy atom. The summed E-state index contributed by atoms with van der Waals surface area (Å²) < 4.78 is 171. The number of hydrogen-bond donors (Lipinski definition) is 0. The van der Waals surface area contributed by atoms with Gasteiger partial charge in [-0.05, 0) is 114 Å². The molecule has 6 heteroatoms. The molecule has 0 amide bonds. The molecule has 0 aliphatic carbocycles. The Hall–Kier alpha value is -8.11. The van der Waals surface area contributed by atoms with E-state index in [-0.39, 0.29) is 93.8 Å². The van der Waals surface area contributed by atoms with Crippen molar-refractivity contribution in [1.29, 1.82) is 0 Å². The third kappa shape index (κ3) is 10.2. The van der Waals surface area contributed by atoms with Crippen molar-refractivity contribution in [3.8, 4) is 73.2 Å². The molecule has 79 heavy (non-hydrogen) atoms. The number of hydrogen-bond acceptors (Lipinski definition) is 2. The number of pyridine rings is 1. The number of nitrogens with zero attached hydrogens (tertiary/aromatic N) is 4. The van der Waals surface area contributed by atoms with Crippen molar-refractivity contribution in [2.24, 2.45) is 0 Å². The standard InChI is InChI=1S/C73H64N4O.Pt/c1-48-37-69(74-46-64(48)51-27-18-13-19-28-51)77-65-32-21-20-31-60(65)61-35-34-59(45-67(61)77)78-58-30-22-29-57(44-58)75-47-76(66-36-33-52(40-68(66)75)53-38-54(71(2,3)4)41-55(39-53)72(5,6)7)70-62(49-23-14-11-15-24-49)42-56(73(8,9)10)43-63(70)50-25-16-12-17-26-50;/h11-43,46H,1-10H3;/q-2;/i1D3,11D,12D,13D,14D,15D,16D,17D,18D,19D,23D,24D,25D,26D,27D,28D;. The van der Waals surface area contributed by atoms with E-state index in [1.807, 2.05) is 69.3 Å². The molecule has 0 saturated heterocycles. The largest absolute Gasteiger partial charge is 0.510 e. The van der Waals surface area contributed by atoms with E-state index in [1.54, 1.807) is 50.1 Å². The first-order valence-electron chi connectivity index (χ1n) is 34.6. The molecule has 0 fully saturated rings. The zero-order chi connectivity index (χ0) is 69.6. The van der Waals surface area contributed by atoms with Crippen LogP contribution < -0.4 is 9.30 Å². The first-order valence-corrected chi connectivity index (χ1v) is 25.6. The summed E-state index contributed by atoms with van der Waals surface area (Å²) >= 11 is 0. The van der Waals surface area contributed by atoms with Crippen molar-refractivity contribution in [3.63, 3.8) is 0 Å². The summed E-state index contributed by atoms with van der Waals surface area (Å²) in [6.07, 6.45) is 4.75.